The second kappa shape index (κ2) is 9.94. The number of amides is 1. The fraction of sp³-hybridized carbons (Fsp3) is 0.435. The van der Waals surface area contributed by atoms with Gasteiger partial charge in [0.2, 0.25) is 0 Å². The normalized spacial score (nSPS) is 15.6. The van der Waals surface area contributed by atoms with E-state index in [9.17, 15) is 4.79 Å². The molecule has 0 aromatic heterocycles. The van der Waals surface area contributed by atoms with Gasteiger partial charge in [-0.3, -0.25) is 9.69 Å². The largest absolute Gasteiger partial charge is 0.493 e. The molecule has 0 saturated carbocycles. The van der Waals surface area contributed by atoms with Gasteiger partial charge < -0.3 is 10.1 Å². The molecule has 1 amide bonds. The molecule has 2 aromatic rings. The van der Waals surface area contributed by atoms with E-state index < -0.39 is 0 Å². The maximum Gasteiger partial charge on any atom is 0.251 e. The lowest BCUT2D eigenvalue weighted by Gasteiger charge is -2.29. The van der Waals surface area contributed by atoms with E-state index in [4.69, 9.17) is 16.3 Å². The van der Waals surface area contributed by atoms with E-state index in [1.165, 1.54) is 12.8 Å². The highest BCUT2D eigenvalue weighted by atomic mass is 35.5. The van der Waals surface area contributed by atoms with Gasteiger partial charge in [0.05, 0.1) is 12.6 Å². The summed E-state index contributed by atoms with van der Waals surface area (Å²) in [5.74, 6) is 1.18. The molecular formula is C23H29ClN2O2. The molecule has 4 nitrogen and oxygen atoms in total. The second-order valence-corrected chi connectivity index (χ2v) is 8.13. The fourth-order valence-electron chi connectivity index (χ4n) is 3.49. The summed E-state index contributed by atoms with van der Waals surface area (Å²) in [6.07, 6.45) is 2.37. The minimum absolute atomic E-state index is 0.0772. The Balaban J connectivity index is 1.64. The van der Waals surface area contributed by atoms with Crippen LogP contribution in [0.1, 0.15) is 48.7 Å². The molecule has 3 rings (SSSR count). The van der Waals surface area contributed by atoms with E-state index in [0.717, 1.165) is 29.4 Å². The maximum atomic E-state index is 12.7. The lowest BCUT2D eigenvalue weighted by molar-refractivity contribution is 0.0938. The standard InChI is InChI=1S/C23H29ClN2O2/c1-17(2)16-28-19-11-9-18(10-12-19)23(27)25-15-22(26-13-5-6-14-26)20-7-3-4-8-21(20)24/h3-4,7-12,17,22H,5-6,13-16H2,1-2H3,(H,25,27)/t22-/m1/s1. The molecule has 0 bridgehead atoms. The van der Waals surface area contributed by atoms with E-state index in [1.54, 1.807) is 0 Å². The fourth-order valence-corrected chi connectivity index (χ4v) is 3.75. The highest BCUT2D eigenvalue weighted by Crippen LogP contribution is 2.29. The van der Waals surface area contributed by atoms with Crippen molar-refractivity contribution >= 4 is 17.5 Å². The highest BCUT2D eigenvalue weighted by molar-refractivity contribution is 6.31. The summed E-state index contributed by atoms with van der Waals surface area (Å²) in [5, 5.41) is 3.84. The van der Waals surface area contributed by atoms with Crippen LogP contribution in [0.5, 0.6) is 5.75 Å². The predicted molar refractivity (Wildman–Crippen MR) is 114 cm³/mol. The molecule has 0 aliphatic carbocycles. The molecule has 5 heteroatoms. The molecule has 150 valence electrons. The van der Waals surface area contributed by atoms with E-state index in [0.29, 0.717) is 24.6 Å². The summed E-state index contributed by atoms with van der Waals surface area (Å²) in [7, 11) is 0. The Morgan fingerprint density at radius 1 is 1.11 bits per heavy atom. The SMILES string of the molecule is CC(C)COc1ccc(C(=O)NC[C@H](c2ccccc2Cl)N2CCCC2)cc1. The van der Waals surface area contributed by atoms with Crippen molar-refractivity contribution in [1.29, 1.82) is 0 Å². The molecule has 2 aromatic carbocycles. The average molecular weight is 401 g/mol. The molecule has 1 saturated heterocycles. The summed E-state index contributed by atoms with van der Waals surface area (Å²) in [6.45, 7) is 7.49. The summed E-state index contributed by atoms with van der Waals surface area (Å²) in [6, 6.07) is 15.3. The minimum Gasteiger partial charge on any atom is -0.493 e. The van der Waals surface area contributed by atoms with Gasteiger partial charge in [-0.05, 0) is 67.7 Å². The molecule has 1 N–H and O–H groups in total. The van der Waals surface area contributed by atoms with Crippen molar-refractivity contribution in [3.05, 3.63) is 64.7 Å². The van der Waals surface area contributed by atoms with Crippen LogP contribution in [0.4, 0.5) is 0 Å². The molecule has 0 radical (unpaired) electrons. The molecule has 0 spiro atoms. The number of halogens is 1. The third-order valence-electron chi connectivity index (χ3n) is 5.00. The number of carbonyl (C=O) groups is 1. The quantitative estimate of drug-likeness (QED) is 0.682. The minimum atomic E-state index is -0.0772. The van der Waals surface area contributed by atoms with E-state index in [1.807, 2.05) is 42.5 Å². The van der Waals surface area contributed by atoms with E-state index in [2.05, 4.69) is 30.1 Å². The lowest BCUT2D eigenvalue weighted by atomic mass is 10.0. The monoisotopic (exact) mass is 400 g/mol. The molecular weight excluding hydrogens is 372 g/mol. The van der Waals surface area contributed by atoms with Crippen molar-refractivity contribution in [2.45, 2.75) is 32.7 Å². The number of likely N-dealkylation sites (tertiary alicyclic amines) is 1. The predicted octanol–water partition coefficient (Wildman–Crippen LogP) is 4.94. The van der Waals surface area contributed by atoms with Crippen LogP contribution in [0.15, 0.2) is 48.5 Å². The Morgan fingerprint density at radius 3 is 2.43 bits per heavy atom. The number of rotatable bonds is 8. The van der Waals surface area contributed by atoms with Crippen molar-refractivity contribution in [2.24, 2.45) is 5.92 Å². The smallest absolute Gasteiger partial charge is 0.251 e. The van der Waals surface area contributed by atoms with Gasteiger partial charge >= 0.3 is 0 Å². The summed E-state index contributed by atoms with van der Waals surface area (Å²) in [5.41, 5.74) is 1.71. The lowest BCUT2D eigenvalue weighted by Crippen LogP contribution is -2.37. The van der Waals surface area contributed by atoms with Crippen LogP contribution in [0, 0.1) is 5.92 Å². The number of ether oxygens (including phenoxy) is 1. The molecule has 1 heterocycles. The van der Waals surface area contributed by atoms with Crippen molar-refractivity contribution in [3.8, 4) is 5.75 Å². The van der Waals surface area contributed by atoms with Crippen LogP contribution in [-0.4, -0.2) is 37.0 Å². The van der Waals surface area contributed by atoms with Crippen molar-refractivity contribution in [2.75, 3.05) is 26.2 Å². The van der Waals surface area contributed by atoms with Crippen LogP contribution in [0.25, 0.3) is 0 Å². The Morgan fingerprint density at radius 2 is 1.79 bits per heavy atom. The van der Waals surface area contributed by atoms with Gasteiger partial charge in [-0.25, -0.2) is 0 Å². The van der Waals surface area contributed by atoms with Crippen LogP contribution < -0.4 is 10.1 Å². The van der Waals surface area contributed by atoms with Crippen LogP contribution in [-0.2, 0) is 0 Å². The number of hydrogen-bond donors (Lipinski definition) is 1. The third-order valence-corrected chi connectivity index (χ3v) is 5.35. The van der Waals surface area contributed by atoms with Crippen LogP contribution in [0.3, 0.4) is 0 Å². The van der Waals surface area contributed by atoms with Gasteiger partial charge in [0, 0.05) is 17.1 Å². The van der Waals surface area contributed by atoms with Crippen molar-refractivity contribution in [1.82, 2.24) is 10.2 Å². The van der Waals surface area contributed by atoms with Crippen molar-refractivity contribution < 1.29 is 9.53 Å². The zero-order valence-electron chi connectivity index (χ0n) is 16.7. The van der Waals surface area contributed by atoms with Gasteiger partial charge in [0.15, 0.2) is 0 Å². The highest BCUT2D eigenvalue weighted by Gasteiger charge is 2.25. The summed E-state index contributed by atoms with van der Waals surface area (Å²) in [4.78, 5) is 15.1. The summed E-state index contributed by atoms with van der Waals surface area (Å²) < 4.78 is 5.69. The second-order valence-electron chi connectivity index (χ2n) is 7.72. The molecule has 1 aliphatic heterocycles. The Bertz CT molecular complexity index is 770. The van der Waals surface area contributed by atoms with Gasteiger partial charge in [-0.1, -0.05) is 43.6 Å². The first-order valence-corrected chi connectivity index (χ1v) is 10.4. The molecule has 1 atom stereocenters. The first-order valence-electron chi connectivity index (χ1n) is 10.0. The summed E-state index contributed by atoms with van der Waals surface area (Å²) >= 11 is 6.45. The molecule has 1 fully saturated rings. The number of nitrogens with one attached hydrogen (secondary N) is 1. The topological polar surface area (TPSA) is 41.6 Å². The molecule has 0 unspecified atom stereocenters. The first kappa shape index (κ1) is 20.7. The van der Waals surface area contributed by atoms with E-state index >= 15 is 0 Å². The van der Waals surface area contributed by atoms with Crippen LogP contribution >= 0.6 is 11.6 Å². The third kappa shape index (κ3) is 5.49. The van der Waals surface area contributed by atoms with Crippen molar-refractivity contribution in [3.63, 3.8) is 0 Å². The molecule has 28 heavy (non-hydrogen) atoms. The first-order chi connectivity index (χ1) is 13.5. The Kier molecular flexibility index (Phi) is 7.35. The van der Waals surface area contributed by atoms with Gasteiger partial charge in [-0.15, -0.1) is 0 Å². The Hall–Kier alpha value is -2.04. The number of nitrogens with zero attached hydrogens (tertiary/aromatic N) is 1. The van der Waals surface area contributed by atoms with Crippen LogP contribution in [0.2, 0.25) is 5.02 Å². The maximum absolute atomic E-state index is 12.7. The van der Waals surface area contributed by atoms with Gasteiger partial charge in [-0.2, -0.15) is 0 Å². The average Bonchev–Trinajstić information content (AvgIpc) is 3.22. The number of carbonyl (C=O) groups excluding carboxylic acids is 1. The number of hydrogen-bond acceptors (Lipinski definition) is 3. The van der Waals surface area contributed by atoms with Gasteiger partial charge in [0.1, 0.15) is 5.75 Å². The molecule has 1 aliphatic rings. The number of benzene rings is 2. The zero-order chi connectivity index (χ0) is 19.9. The van der Waals surface area contributed by atoms with Gasteiger partial charge in [0.25, 0.3) is 5.91 Å². The zero-order valence-corrected chi connectivity index (χ0v) is 17.4. The van der Waals surface area contributed by atoms with E-state index in [-0.39, 0.29) is 11.9 Å². The Labute approximate surface area is 172 Å².